The molecule has 2 amide bonds. The SMILES string of the molecule is O=C(NCCNCC(O)C1COc2ccccc2O1)Nc1ccc(O)cc1. The number of phenolic OH excluding ortho intramolecular Hbond substituents is 1. The van der Waals surface area contributed by atoms with E-state index in [2.05, 4.69) is 16.0 Å². The number of amides is 2. The number of urea groups is 1. The highest BCUT2D eigenvalue weighted by molar-refractivity contribution is 5.89. The van der Waals surface area contributed by atoms with E-state index in [-0.39, 0.29) is 18.4 Å². The van der Waals surface area contributed by atoms with Gasteiger partial charge in [0.25, 0.3) is 0 Å². The van der Waals surface area contributed by atoms with Crippen molar-refractivity contribution in [2.24, 2.45) is 0 Å². The third kappa shape index (κ3) is 5.50. The summed E-state index contributed by atoms with van der Waals surface area (Å²) in [6, 6.07) is 13.2. The first-order valence-electron chi connectivity index (χ1n) is 8.73. The molecule has 0 fully saturated rings. The number of carbonyl (C=O) groups is 1. The van der Waals surface area contributed by atoms with Crippen LogP contribution in [0.1, 0.15) is 0 Å². The Hall–Kier alpha value is -2.97. The molecule has 27 heavy (non-hydrogen) atoms. The van der Waals surface area contributed by atoms with E-state index in [1.807, 2.05) is 18.2 Å². The topological polar surface area (TPSA) is 112 Å². The number of rotatable bonds is 7. The molecule has 2 aromatic rings. The van der Waals surface area contributed by atoms with Crippen LogP contribution in [0.3, 0.4) is 0 Å². The van der Waals surface area contributed by atoms with Gasteiger partial charge in [-0.1, -0.05) is 12.1 Å². The maximum absolute atomic E-state index is 11.8. The maximum atomic E-state index is 11.8. The summed E-state index contributed by atoms with van der Waals surface area (Å²) in [7, 11) is 0. The molecule has 0 spiro atoms. The fraction of sp³-hybridized carbons (Fsp3) is 0.316. The molecule has 0 radical (unpaired) electrons. The van der Waals surface area contributed by atoms with Crippen LogP contribution in [-0.4, -0.2) is 54.7 Å². The fourth-order valence-corrected chi connectivity index (χ4v) is 2.59. The predicted molar refractivity (Wildman–Crippen MR) is 100 cm³/mol. The molecule has 144 valence electrons. The van der Waals surface area contributed by atoms with Gasteiger partial charge in [-0.3, -0.25) is 0 Å². The van der Waals surface area contributed by atoms with Crippen molar-refractivity contribution in [2.75, 3.05) is 31.6 Å². The van der Waals surface area contributed by atoms with Crippen molar-refractivity contribution in [3.05, 3.63) is 48.5 Å². The Labute approximate surface area is 157 Å². The van der Waals surface area contributed by atoms with E-state index in [4.69, 9.17) is 9.47 Å². The van der Waals surface area contributed by atoms with Crippen LogP contribution in [0.2, 0.25) is 0 Å². The zero-order valence-electron chi connectivity index (χ0n) is 14.7. The molecule has 2 unspecified atom stereocenters. The molecule has 1 heterocycles. The number of anilines is 1. The van der Waals surface area contributed by atoms with Gasteiger partial charge in [0.15, 0.2) is 17.6 Å². The Morgan fingerprint density at radius 2 is 1.85 bits per heavy atom. The van der Waals surface area contributed by atoms with Gasteiger partial charge in [-0.2, -0.15) is 0 Å². The first-order valence-corrected chi connectivity index (χ1v) is 8.73. The average molecular weight is 373 g/mol. The predicted octanol–water partition coefficient (Wildman–Crippen LogP) is 1.30. The first kappa shape index (κ1) is 18.8. The van der Waals surface area contributed by atoms with Gasteiger partial charge in [-0.15, -0.1) is 0 Å². The zero-order valence-corrected chi connectivity index (χ0v) is 14.7. The Morgan fingerprint density at radius 3 is 2.63 bits per heavy atom. The third-order valence-corrected chi connectivity index (χ3v) is 4.03. The lowest BCUT2D eigenvalue weighted by Gasteiger charge is -2.29. The second-order valence-electron chi connectivity index (χ2n) is 6.11. The number of aromatic hydroxyl groups is 1. The van der Waals surface area contributed by atoms with Crippen molar-refractivity contribution in [1.29, 1.82) is 0 Å². The van der Waals surface area contributed by atoms with Gasteiger partial charge in [-0.05, 0) is 36.4 Å². The van der Waals surface area contributed by atoms with E-state index in [9.17, 15) is 15.0 Å². The summed E-state index contributed by atoms with van der Waals surface area (Å²) in [4.78, 5) is 11.8. The smallest absolute Gasteiger partial charge is 0.319 e. The minimum atomic E-state index is -0.732. The number of hydrogen-bond donors (Lipinski definition) is 5. The number of nitrogens with one attached hydrogen (secondary N) is 3. The molecule has 8 nitrogen and oxygen atoms in total. The molecule has 5 N–H and O–H groups in total. The highest BCUT2D eigenvalue weighted by atomic mass is 16.6. The van der Waals surface area contributed by atoms with Crippen LogP contribution < -0.4 is 25.4 Å². The summed E-state index contributed by atoms with van der Waals surface area (Å²) in [5.41, 5.74) is 0.586. The summed E-state index contributed by atoms with van der Waals surface area (Å²) in [6.45, 7) is 1.48. The standard InChI is InChI=1S/C19H23N3O5/c23-14-7-5-13(6-8-14)22-19(25)21-10-9-20-11-15(24)18-12-26-16-3-1-2-4-17(16)27-18/h1-8,15,18,20,23-24H,9-12H2,(H2,21,22,25). The molecule has 0 aromatic heterocycles. The lowest BCUT2D eigenvalue weighted by Crippen LogP contribution is -2.46. The van der Waals surface area contributed by atoms with Gasteiger partial charge in [0.2, 0.25) is 0 Å². The summed E-state index contributed by atoms with van der Waals surface area (Å²) < 4.78 is 11.3. The van der Waals surface area contributed by atoms with E-state index in [1.54, 1.807) is 18.2 Å². The zero-order chi connectivity index (χ0) is 19.1. The lowest BCUT2D eigenvalue weighted by molar-refractivity contribution is -0.00890. The molecule has 0 saturated carbocycles. The third-order valence-electron chi connectivity index (χ3n) is 4.03. The van der Waals surface area contributed by atoms with Crippen LogP contribution in [0, 0.1) is 0 Å². The minimum absolute atomic E-state index is 0.138. The summed E-state index contributed by atoms with van der Waals surface area (Å²) >= 11 is 0. The van der Waals surface area contributed by atoms with E-state index >= 15 is 0 Å². The molecular weight excluding hydrogens is 350 g/mol. The van der Waals surface area contributed by atoms with Crippen LogP contribution in [-0.2, 0) is 0 Å². The number of aliphatic hydroxyl groups is 1. The number of hydrogen-bond acceptors (Lipinski definition) is 6. The summed E-state index contributed by atoms with van der Waals surface area (Å²) in [5, 5.41) is 27.9. The number of para-hydroxylation sites is 2. The van der Waals surface area contributed by atoms with Gasteiger partial charge in [0.1, 0.15) is 18.5 Å². The van der Waals surface area contributed by atoms with E-state index in [0.29, 0.717) is 36.8 Å². The number of fused-ring (bicyclic) bond motifs is 1. The quantitative estimate of drug-likeness (QED) is 0.370. The molecule has 3 rings (SSSR count). The normalized spacial score (nSPS) is 16.4. The van der Waals surface area contributed by atoms with Crippen LogP contribution in [0.4, 0.5) is 10.5 Å². The molecule has 0 bridgehead atoms. The van der Waals surface area contributed by atoms with E-state index < -0.39 is 12.2 Å². The van der Waals surface area contributed by atoms with E-state index in [0.717, 1.165) is 0 Å². The van der Waals surface area contributed by atoms with Crippen LogP contribution in [0.5, 0.6) is 17.2 Å². The number of ether oxygens (including phenoxy) is 2. The molecule has 8 heteroatoms. The number of benzene rings is 2. The Bertz CT molecular complexity index is 753. The molecule has 0 saturated heterocycles. The second kappa shape index (κ2) is 9.11. The monoisotopic (exact) mass is 373 g/mol. The van der Waals surface area contributed by atoms with Gasteiger partial charge in [0.05, 0.1) is 0 Å². The molecule has 2 aromatic carbocycles. The van der Waals surface area contributed by atoms with Crippen LogP contribution in [0.15, 0.2) is 48.5 Å². The van der Waals surface area contributed by atoms with Crippen LogP contribution >= 0.6 is 0 Å². The van der Waals surface area contributed by atoms with Crippen molar-refractivity contribution in [3.8, 4) is 17.2 Å². The maximum Gasteiger partial charge on any atom is 0.319 e. The highest BCUT2D eigenvalue weighted by Gasteiger charge is 2.27. The van der Waals surface area contributed by atoms with Gasteiger partial charge >= 0.3 is 6.03 Å². The largest absolute Gasteiger partial charge is 0.508 e. The fourth-order valence-electron chi connectivity index (χ4n) is 2.59. The summed E-state index contributed by atoms with van der Waals surface area (Å²) in [6.07, 6.45) is -1.18. The van der Waals surface area contributed by atoms with Gasteiger partial charge in [-0.25, -0.2) is 4.79 Å². The Kier molecular flexibility index (Phi) is 6.35. The van der Waals surface area contributed by atoms with Crippen molar-refractivity contribution < 1.29 is 24.5 Å². The molecule has 2 atom stereocenters. The average Bonchev–Trinajstić information content (AvgIpc) is 2.69. The van der Waals surface area contributed by atoms with Crippen molar-refractivity contribution in [2.45, 2.75) is 12.2 Å². The van der Waals surface area contributed by atoms with Crippen molar-refractivity contribution >= 4 is 11.7 Å². The molecule has 1 aliphatic heterocycles. The van der Waals surface area contributed by atoms with Gasteiger partial charge < -0.3 is 35.6 Å². The number of phenols is 1. The van der Waals surface area contributed by atoms with Crippen molar-refractivity contribution in [3.63, 3.8) is 0 Å². The molecule has 1 aliphatic rings. The highest BCUT2D eigenvalue weighted by Crippen LogP contribution is 2.31. The Morgan fingerprint density at radius 1 is 1.11 bits per heavy atom. The van der Waals surface area contributed by atoms with Crippen LogP contribution in [0.25, 0.3) is 0 Å². The van der Waals surface area contributed by atoms with E-state index in [1.165, 1.54) is 12.1 Å². The molecule has 0 aliphatic carbocycles. The number of aliphatic hydroxyl groups excluding tert-OH is 1. The first-order chi connectivity index (χ1) is 13.1. The minimum Gasteiger partial charge on any atom is -0.508 e. The molecular formula is C19H23N3O5. The lowest BCUT2D eigenvalue weighted by atomic mass is 10.2. The van der Waals surface area contributed by atoms with Gasteiger partial charge in [0, 0.05) is 25.3 Å². The second-order valence-corrected chi connectivity index (χ2v) is 6.11. The number of carbonyl (C=O) groups excluding carboxylic acids is 1. The van der Waals surface area contributed by atoms with Crippen molar-refractivity contribution in [1.82, 2.24) is 10.6 Å². The summed E-state index contributed by atoms with van der Waals surface area (Å²) in [5.74, 6) is 1.44. The Balaban J connectivity index is 1.31.